The molecule has 1 saturated heterocycles. The molecular formula is C22H19F3N2O. The Morgan fingerprint density at radius 2 is 1.50 bits per heavy atom. The van der Waals surface area contributed by atoms with E-state index in [1.54, 1.807) is 11.0 Å². The molecule has 3 aromatic carbocycles. The second kappa shape index (κ2) is 7.19. The SMILES string of the molecule is O=C(c1ccc2ccccc2c1)N1CCN(c2cccc(C(F)(F)F)c2)CC1. The van der Waals surface area contributed by atoms with E-state index in [2.05, 4.69) is 0 Å². The average Bonchev–Trinajstić information content (AvgIpc) is 2.72. The molecule has 0 aromatic heterocycles. The van der Waals surface area contributed by atoms with E-state index in [4.69, 9.17) is 0 Å². The molecule has 0 bridgehead atoms. The molecule has 0 aliphatic carbocycles. The van der Waals surface area contributed by atoms with Gasteiger partial charge in [0, 0.05) is 37.4 Å². The number of hydrogen-bond acceptors (Lipinski definition) is 2. The van der Waals surface area contributed by atoms with E-state index in [0.29, 0.717) is 37.4 Å². The molecule has 1 fully saturated rings. The highest BCUT2D eigenvalue weighted by Gasteiger charge is 2.31. The van der Waals surface area contributed by atoms with Crippen LogP contribution >= 0.6 is 0 Å². The topological polar surface area (TPSA) is 23.6 Å². The van der Waals surface area contributed by atoms with Crippen molar-refractivity contribution >= 4 is 22.4 Å². The van der Waals surface area contributed by atoms with E-state index >= 15 is 0 Å². The summed E-state index contributed by atoms with van der Waals surface area (Å²) in [7, 11) is 0. The molecule has 1 heterocycles. The lowest BCUT2D eigenvalue weighted by molar-refractivity contribution is -0.137. The smallest absolute Gasteiger partial charge is 0.368 e. The monoisotopic (exact) mass is 384 g/mol. The first kappa shape index (κ1) is 18.3. The summed E-state index contributed by atoms with van der Waals surface area (Å²) in [4.78, 5) is 16.5. The van der Waals surface area contributed by atoms with Gasteiger partial charge in [-0.2, -0.15) is 13.2 Å². The Morgan fingerprint density at radius 3 is 2.21 bits per heavy atom. The quantitative estimate of drug-likeness (QED) is 0.632. The maximum Gasteiger partial charge on any atom is 0.416 e. The van der Waals surface area contributed by atoms with Crippen LogP contribution in [0.25, 0.3) is 10.8 Å². The van der Waals surface area contributed by atoms with Crippen LogP contribution in [0, 0.1) is 0 Å². The summed E-state index contributed by atoms with van der Waals surface area (Å²) >= 11 is 0. The number of hydrogen-bond donors (Lipinski definition) is 0. The standard InChI is InChI=1S/C22H19F3N2O/c23-22(24,25)19-6-3-7-20(15-19)26-10-12-27(13-11-26)21(28)18-9-8-16-4-1-2-5-17(16)14-18/h1-9,14-15H,10-13H2. The molecule has 1 aliphatic rings. The molecule has 0 saturated carbocycles. The molecule has 1 amide bonds. The number of piperazine rings is 1. The molecular weight excluding hydrogens is 365 g/mol. The number of nitrogens with zero attached hydrogens (tertiary/aromatic N) is 2. The molecule has 0 spiro atoms. The minimum absolute atomic E-state index is 0.0468. The third-order valence-corrected chi connectivity index (χ3v) is 5.10. The Kier molecular flexibility index (Phi) is 4.71. The maximum absolute atomic E-state index is 12.9. The lowest BCUT2D eigenvalue weighted by Gasteiger charge is -2.36. The zero-order valence-electron chi connectivity index (χ0n) is 15.1. The van der Waals surface area contributed by atoms with Crippen LogP contribution in [0.3, 0.4) is 0 Å². The van der Waals surface area contributed by atoms with Gasteiger partial charge in [0.15, 0.2) is 0 Å². The average molecular weight is 384 g/mol. The van der Waals surface area contributed by atoms with Crippen molar-refractivity contribution in [2.75, 3.05) is 31.1 Å². The summed E-state index contributed by atoms with van der Waals surface area (Å²) in [6.45, 7) is 1.95. The van der Waals surface area contributed by atoms with E-state index < -0.39 is 11.7 Å². The van der Waals surface area contributed by atoms with Crippen molar-refractivity contribution in [3.8, 4) is 0 Å². The van der Waals surface area contributed by atoms with Gasteiger partial charge in [-0.3, -0.25) is 4.79 Å². The highest BCUT2D eigenvalue weighted by Crippen LogP contribution is 2.32. The molecule has 0 radical (unpaired) electrons. The van der Waals surface area contributed by atoms with Crippen LogP contribution in [-0.2, 0) is 6.18 Å². The lowest BCUT2D eigenvalue weighted by Crippen LogP contribution is -2.48. The third kappa shape index (κ3) is 3.67. The largest absolute Gasteiger partial charge is 0.416 e. The Hall–Kier alpha value is -3.02. The first-order valence-electron chi connectivity index (χ1n) is 9.12. The maximum atomic E-state index is 12.9. The molecule has 0 unspecified atom stereocenters. The normalized spacial score (nSPS) is 15.1. The Morgan fingerprint density at radius 1 is 0.786 bits per heavy atom. The fourth-order valence-corrected chi connectivity index (χ4v) is 3.55. The Labute approximate surface area is 161 Å². The number of fused-ring (bicyclic) bond motifs is 1. The number of carbonyl (C=O) groups is 1. The number of amides is 1. The third-order valence-electron chi connectivity index (χ3n) is 5.10. The second-order valence-electron chi connectivity index (χ2n) is 6.89. The molecule has 4 rings (SSSR count). The van der Waals surface area contributed by atoms with Gasteiger partial charge in [0.05, 0.1) is 5.56 Å². The van der Waals surface area contributed by atoms with Crippen LogP contribution in [0.2, 0.25) is 0 Å². The summed E-state index contributed by atoms with van der Waals surface area (Å²) in [5.41, 5.74) is 0.513. The van der Waals surface area contributed by atoms with Crippen LogP contribution < -0.4 is 4.90 Å². The highest BCUT2D eigenvalue weighted by atomic mass is 19.4. The lowest BCUT2D eigenvalue weighted by atomic mass is 10.1. The summed E-state index contributed by atoms with van der Waals surface area (Å²) < 4.78 is 38.8. The van der Waals surface area contributed by atoms with Crippen molar-refractivity contribution in [1.29, 1.82) is 0 Å². The fraction of sp³-hybridized carbons (Fsp3) is 0.227. The van der Waals surface area contributed by atoms with E-state index in [-0.39, 0.29) is 5.91 Å². The van der Waals surface area contributed by atoms with Crippen LogP contribution in [0.15, 0.2) is 66.7 Å². The number of rotatable bonds is 2. The molecule has 0 N–H and O–H groups in total. The molecule has 3 nitrogen and oxygen atoms in total. The predicted molar refractivity (Wildman–Crippen MR) is 104 cm³/mol. The van der Waals surface area contributed by atoms with Gasteiger partial charge < -0.3 is 9.80 Å². The van der Waals surface area contributed by atoms with Gasteiger partial charge in [0.2, 0.25) is 0 Å². The van der Waals surface area contributed by atoms with Crippen LogP contribution in [0.5, 0.6) is 0 Å². The summed E-state index contributed by atoms with van der Waals surface area (Å²) in [6.07, 6.45) is -4.36. The summed E-state index contributed by atoms with van der Waals surface area (Å²) in [5.74, 6) is -0.0468. The second-order valence-corrected chi connectivity index (χ2v) is 6.89. The van der Waals surface area contributed by atoms with Gasteiger partial charge in [-0.05, 0) is 41.1 Å². The number of alkyl halides is 3. The van der Waals surface area contributed by atoms with Crippen LogP contribution in [0.1, 0.15) is 15.9 Å². The highest BCUT2D eigenvalue weighted by molar-refractivity contribution is 5.98. The predicted octanol–water partition coefficient (Wildman–Crippen LogP) is 4.82. The summed E-state index contributed by atoms with van der Waals surface area (Å²) in [5, 5.41) is 2.09. The van der Waals surface area contributed by atoms with Crippen molar-refractivity contribution in [2.45, 2.75) is 6.18 Å². The Bertz CT molecular complexity index is 1010. The summed E-state index contributed by atoms with van der Waals surface area (Å²) in [6, 6.07) is 18.8. The molecule has 144 valence electrons. The van der Waals surface area contributed by atoms with E-state index in [0.717, 1.165) is 16.8 Å². The number of benzene rings is 3. The first-order valence-corrected chi connectivity index (χ1v) is 9.12. The minimum atomic E-state index is -4.36. The van der Waals surface area contributed by atoms with E-state index in [1.807, 2.05) is 47.4 Å². The van der Waals surface area contributed by atoms with Crippen molar-refractivity contribution < 1.29 is 18.0 Å². The van der Waals surface area contributed by atoms with Gasteiger partial charge in [-0.15, -0.1) is 0 Å². The molecule has 0 atom stereocenters. The molecule has 3 aromatic rings. The number of halogens is 3. The fourth-order valence-electron chi connectivity index (χ4n) is 3.55. The van der Waals surface area contributed by atoms with Crippen molar-refractivity contribution in [3.05, 3.63) is 77.9 Å². The van der Waals surface area contributed by atoms with Gasteiger partial charge in [0.1, 0.15) is 0 Å². The van der Waals surface area contributed by atoms with Crippen molar-refractivity contribution in [1.82, 2.24) is 4.90 Å². The van der Waals surface area contributed by atoms with Gasteiger partial charge in [0.25, 0.3) is 5.91 Å². The first-order chi connectivity index (χ1) is 13.4. The van der Waals surface area contributed by atoms with Gasteiger partial charge in [-0.25, -0.2) is 0 Å². The van der Waals surface area contributed by atoms with Gasteiger partial charge in [-0.1, -0.05) is 36.4 Å². The van der Waals surface area contributed by atoms with Crippen molar-refractivity contribution in [3.63, 3.8) is 0 Å². The van der Waals surface area contributed by atoms with Crippen LogP contribution in [0.4, 0.5) is 18.9 Å². The van der Waals surface area contributed by atoms with E-state index in [1.165, 1.54) is 12.1 Å². The number of anilines is 1. The van der Waals surface area contributed by atoms with Crippen LogP contribution in [-0.4, -0.2) is 37.0 Å². The van der Waals surface area contributed by atoms with Gasteiger partial charge >= 0.3 is 6.18 Å². The van der Waals surface area contributed by atoms with Crippen molar-refractivity contribution in [2.24, 2.45) is 0 Å². The molecule has 6 heteroatoms. The molecule has 28 heavy (non-hydrogen) atoms. The Balaban J connectivity index is 1.45. The minimum Gasteiger partial charge on any atom is -0.368 e. The zero-order valence-corrected chi connectivity index (χ0v) is 15.1. The number of carbonyl (C=O) groups excluding carboxylic acids is 1. The molecule has 1 aliphatic heterocycles. The zero-order chi connectivity index (χ0) is 19.7. The van der Waals surface area contributed by atoms with E-state index in [9.17, 15) is 18.0 Å².